The standard InChI is InChI=1S/C18H17N3O6/c1-12-4-2-6-14(8-12)20-16(22)11-27-17(23)10-19-18(24)13-5-3-7-15(9-13)21(25)26/h2-9H,10-11H2,1H3,(H,19,24)(H,20,22). The normalized spacial score (nSPS) is 9.96. The van der Waals surface area contributed by atoms with Crippen molar-refractivity contribution in [3.8, 4) is 0 Å². The molecule has 0 saturated heterocycles. The van der Waals surface area contributed by atoms with Crippen molar-refractivity contribution in [2.24, 2.45) is 0 Å². The Morgan fingerprint density at radius 1 is 1.11 bits per heavy atom. The number of carbonyl (C=O) groups is 3. The van der Waals surface area contributed by atoms with Crippen molar-refractivity contribution in [2.45, 2.75) is 6.92 Å². The Morgan fingerprint density at radius 3 is 2.56 bits per heavy atom. The number of nitrogens with one attached hydrogen (secondary N) is 2. The van der Waals surface area contributed by atoms with Crippen LogP contribution in [0.2, 0.25) is 0 Å². The Balaban J connectivity index is 1.77. The monoisotopic (exact) mass is 371 g/mol. The van der Waals surface area contributed by atoms with Crippen LogP contribution in [0, 0.1) is 17.0 Å². The summed E-state index contributed by atoms with van der Waals surface area (Å²) in [6, 6.07) is 12.2. The lowest BCUT2D eigenvalue weighted by atomic mass is 10.2. The molecule has 2 aromatic rings. The number of esters is 1. The lowest BCUT2D eigenvalue weighted by molar-refractivity contribution is -0.384. The van der Waals surface area contributed by atoms with Crippen molar-refractivity contribution < 1.29 is 24.0 Å². The summed E-state index contributed by atoms with van der Waals surface area (Å²) in [4.78, 5) is 45.4. The predicted octanol–water partition coefficient (Wildman–Crippen LogP) is 1.81. The summed E-state index contributed by atoms with van der Waals surface area (Å²) in [6.07, 6.45) is 0. The second kappa shape index (κ2) is 9.09. The summed E-state index contributed by atoms with van der Waals surface area (Å²) in [7, 11) is 0. The topological polar surface area (TPSA) is 128 Å². The Bertz CT molecular complexity index is 881. The number of non-ortho nitro benzene ring substituents is 1. The fraction of sp³-hybridized carbons (Fsp3) is 0.167. The molecule has 2 N–H and O–H groups in total. The van der Waals surface area contributed by atoms with Crippen LogP contribution in [-0.2, 0) is 14.3 Å². The molecular weight excluding hydrogens is 354 g/mol. The first kappa shape index (κ1) is 19.6. The van der Waals surface area contributed by atoms with Crippen LogP contribution in [0.4, 0.5) is 11.4 Å². The molecule has 2 aromatic carbocycles. The highest BCUT2D eigenvalue weighted by Crippen LogP contribution is 2.13. The molecule has 0 saturated carbocycles. The second-order valence-corrected chi connectivity index (χ2v) is 5.57. The summed E-state index contributed by atoms with van der Waals surface area (Å²) < 4.78 is 4.78. The molecule has 27 heavy (non-hydrogen) atoms. The molecule has 0 fully saturated rings. The fourth-order valence-corrected chi connectivity index (χ4v) is 2.13. The molecule has 0 radical (unpaired) electrons. The highest BCUT2D eigenvalue weighted by molar-refractivity contribution is 5.97. The van der Waals surface area contributed by atoms with Crippen molar-refractivity contribution in [1.82, 2.24) is 5.32 Å². The van der Waals surface area contributed by atoms with Gasteiger partial charge in [-0.05, 0) is 30.7 Å². The number of ether oxygens (including phenoxy) is 1. The summed E-state index contributed by atoms with van der Waals surface area (Å²) in [5.41, 5.74) is 1.34. The van der Waals surface area contributed by atoms with Gasteiger partial charge in [0, 0.05) is 23.4 Å². The van der Waals surface area contributed by atoms with E-state index in [4.69, 9.17) is 4.74 Å². The van der Waals surface area contributed by atoms with Crippen LogP contribution in [0.3, 0.4) is 0 Å². The zero-order valence-electron chi connectivity index (χ0n) is 14.4. The second-order valence-electron chi connectivity index (χ2n) is 5.57. The number of nitro benzene ring substituents is 1. The minimum Gasteiger partial charge on any atom is -0.454 e. The van der Waals surface area contributed by atoms with Gasteiger partial charge in [0.2, 0.25) is 0 Å². The molecule has 0 heterocycles. The first-order chi connectivity index (χ1) is 12.8. The van der Waals surface area contributed by atoms with E-state index in [-0.39, 0.29) is 11.3 Å². The maximum absolute atomic E-state index is 11.9. The molecule has 0 bridgehead atoms. The van der Waals surface area contributed by atoms with Crippen LogP contribution in [0.25, 0.3) is 0 Å². The van der Waals surface area contributed by atoms with Crippen LogP contribution in [-0.4, -0.2) is 35.9 Å². The van der Waals surface area contributed by atoms with Crippen molar-refractivity contribution in [2.75, 3.05) is 18.5 Å². The molecule has 0 aliphatic heterocycles. The zero-order chi connectivity index (χ0) is 19.8. The van der Waals surface area contributed by atoms with Gasteiger partial charge in [-0.1, -0.05) is 18.2 Å². The van der Waals surface area contributed by atoms with Gasteiger partial charge in [-0.2, -0.15) is 0 Å². The molecule has 0 atom stereocenters. The van der Waals surface area contributed by atoms with Crippen molar-refractivity contribution >= 4 is 29.2 Å². The lowest BCUT2D eigenvalue weighted by Gasteiger charge is -2.08. The van der Waals surface area contributed by atoms with Crippen LogP contribution >= 0.6 is 0 Å². The van der Waals surface area contributed by atoms with E-state index in [0.717, 1.165) is 11.6 Å². The van der Waals surface area contributed by atoms with Gasteiger partial charge < -0.3 is 15.4 Å². The largest absolute Gasteiger partial charge is 0.454 e. The summed E-state index contributed by atoms with van der Waals surface area (Å²) in [5.74, 6) is -1.99. The Hall–Kier alpha value is -3.75. The van der Waals surface area contributed by atoms with Crippen LogP contribution < -0.4 is 10.6 Å². The highest BCUT2D eigenvalue weighted by Gasteiger charge is 2.13. The first-order valence-electron chi connectivity index (χ1n) is 7.90. The number of anilines is 1. The van der Waals surface area contributed by atoms with Gasteiger partial charge in [0.1, 0.15) is 6.54 Å². The third kappa shape index (κ3) is 6.24. The fourth-order valence-electron chi connectivity index (χ4n) is 2.13. The van der Waals surface area contributed by atoms with Crippen molar-refractivity contribution in [3.63, 3.8) is 0 Å². The molecule has 9 heteroatoms. The number of aryl methyl sites for hydroxylation is 1. The number of amides is 2. The molecular formula is C18H17N3O6. The highest BCUT2D eigenvalue weighted by atomic mass is 16.6. The van der Waals surface area contributed by atoms with Gasteiger partial charge in [-0.3, -0.25) is 24.5 Å². The molecule has 0 aromatic heterocycles. The van der Waals surface area contributed by atoms with E-state index in [1.165, 1.54) is 18.2 Å². The van der Waals surface area contributed by atoms with Gasteiger partial charge >= 0.3 is 5.97 Å². The molecule has 2 amide bonds. The van der Waals surface area contributed by atoms with E-state index in [2.05, 4.69) is 10.6 Å². The predicted molar refractivity (Wildman–Crippen MR) is 96.2 cm³/mol. The van der Waals surface area contributed by atoms with E-state index in [0.29, 0.717) is 5.69 Å². The maximum Gasteiger partial charge on any atom is 0.325 e. The molecule has 0 spiro atoms. The minimum atomic E-state index is -0.812. The average molecular weight is 371 g/mol. The third-order valence-corrected chi connectivity index (χ3v) is 3.38. The molecule has 140 valence electrons. The number of carbonyl (C=O) groups excluding carboxylic acids is 3. The van der Waals surface area contributed by atoms with E-state index in [9.17, 15) is 24.5 Å². The summed E-state index contributed by atoms with van der Waals surface area (Å²) >= 11 is 0. The van der Waals surface area contributed by atoms with E-state index >= 15 is 0 Å². The Labute approximate surface area is 154 Å². The van der Waals surface area contributed by atoms with Crippen LogP contribution in [0.1, 0.15) is 15.9 Å². The van der Waals surface area contributed by atoms with Crippen molar-refractivity contribution in [3.05, 3.63) is 69.8 Å². The SMILES string of the molecule is Cc1cccc(NC(=O)COC(=O)CNC(=O)c2cccc([N+](=O)[O-])c2)c1. The number of hydrogen-bond donors (Lipinski definition) is 2. The van der Waals surface area contributed by atoms with Crippen LogP contribution in [0.15, 0.2) is 48.5 Å². The molecule has 0 aliphatic rings. The molecule has 2 rings (SSSR count). The first-order valence-corrected chi connectivity index (χ1v) is 7.90. The van der Waals surface area contributed by atoms with Gasteiger partial charge in [-0.15, -0.1) is 0 Å². The summed E-state index contributed by atoms with van der Waals surface area (Å²) in [5, 5.41) is 15.6. The van der Waals surface area contributed by atoms with Gasteiger partial charge in [0.25, 0.3) is 17.5 Å². The number of nitro groups is 1. The van der Waals surface area contributed by atoms with Gasteiger partial charge in [0.05, 0.1) is 4.92 Å². The molecule has 0 unspecified atom stereocenters. The number of nitrogens with zero attached hydrogens (tertiary/aromatic N) is 1. The average Bonchev–Trinajstić information content (AvgIpc) is 2.64. The molecule has 0 aliphatic carbocycles. The van der Waals surface area contributed by atoms with Gasteiger partial charge in [0.15, 0.2) is 6.61 Å². The van der Waals surface area contributed by atoms with Crippen molar-refractivity contribution in [1.29, 1.82) is 0 Å². The number of hydrogen-bond acceptors (Lipinski definition) is 6. The Morgan fingerprint density at radius 2 is 1.85 bits per heavy atom. The lowest BCUT2D eigenvalue weighted by Crippen LogP contribution is -2.32. The van der Waals surface area contributed by atoms with E-state index in [1.54, 1.807) is 18.2 Å². The van der Waals surface area contributed by atoms with Crippen LogP contribution in [0.5, 0.6) is 0 Å². The van der Waals surface area contributed by atoms with Gasteiger partial charge in [-0.25, -0.2) is 0 Å². The molecule has 9 nitrogen and oxygen atoms in total. The minimum absolute atomic E-state index is 0.0363. The van der Waals surface area contributed by atoms with E-state index in [1.807, 2.05) is 13.0 Å². The maximum atomic E-state index is 11.9. The third-order valence-electron chi connectivity index (χ3n) is 3.38. The Kier molecular flexibility index (Phi) is 6.59. The quantitative estimate of drug-likeness (QED) is 0.434. The zero-order valence-corrected chi connectivity index (χ0v) is 14.4. The number of benzene rings is 2. The van der Waals surface area contributed by atoms with E-state index < -0.39 is 35.9 Å². The number of rotatable bonds is 7. The summed E-state index contributed by atoms with van der Waals surface area (Å²) in [6.45, 7) is 0.901. The smallest absolute Gasteiger partial charge is 0.325 e.